The Balaban J connectivity index is 1.31. The number of rotatable bonds is 8. The Labute approximate surface area is 251 Å². The van der Waals surface area contributed by atoms with Crippen LogP contribution in [0.4, 0.5) is 10.6 Å². The Morgan fingerprint density at radius 1 is 1.00 bits per heavy atom. The minimum atomic E-state index is -0.130. The molecule has 218 valence electrons. The maximum absolute atomic E-state index is 11.5. The van der Waals surface area contributed by atoms with Crippen LogP contribution in [0.15, 0.2) is 48.7 Å². The number of hydrogen-bond donors (Lipinski definition) is 2. The van der Waals surface area contributed by atoms with Crippen LogP contribution in [0, 0.1) is 5.92 Å². The number of urea groups is 1. The molecule has 0 saturated carbocycles. The number of aromatic nitrogens is 2. The van der Waals surface area contributed by atoms with Gasteiger partial charge in [0.15, 0.2) is 0 Å². The van der Waals surface area contributed by atoms with E-state index >= 15 is 0 Å². The average molecular weight is 599 g/mol. The lowest BCUT2D eigenvalue weighted by molar-refractivity contribution is 0.175. The first-order chi connectivity index (χ1) is 19.8. The molecule has 1 aromatic carbocycles. The maximum Gasteiger partial charge on any atom is 0.314 e. The first-order valence-electron chi connectivity index (χ1n) is 14.1. The van der Waals surface area contributed by atoms with Gasteiger partial charge in [-0.2, -0.15) is 0 Å². The van der Waals surface area contributed by atoms with E-state index < -0.39 is 0 Å². The second-order valence-corrected chi connectivity index (χ2v) is 11.7. The molecular weight excluding hydrogens is 561 g/mol. The predicted molar refractivity (Wildman–Crippen MR) is 164 cm³/mol. The molecule has 2 aromatic heterocycles. The molecule has 2 fully saturated rings. The van der Waals surface area contributed by atoms with Gasteiger partial charge in [-0.25, -0.2) is 14.8 Å². The highest BCUT2D eigenvalue weighted by molar-refractivity contribution is 6.35. The Kier molecular flexibility index (Phi) is 9.82. The zero-order valence-corrected chi connectivity index (χ0v) is 25.1. The summed E-state index contributed by atoms with van der Waals surface area (Å²) in [6.07, 6.45) is 3.82. The Hall–Kier alpha value is -3.11. The van der Waals surface area contributed by atoms with Gasteiger partial charge in [0.05, 0.1) is 11.9 Å². The van der Waals surface area contributed by atoms with Crippen molar-refractivity contribution in [2.75, 3.05) is 64.8 Å². The van der Waals surface area contributed by atoms with E-state index in [1.165, 1.54) is 0 Å². The number of hydrogen-bond acceptors (Lipinski definition) is 7. The average Bonchev–Trinajstić information content (AvgIpc) is 2.97. The Morgan fingerprint density at radius 2 is 1.73 bits per heavy atom. The SMILES string of the molecule is CNC(=O)NCC1CCN(Cc2cc(Oc3ccc(N4CCN(C)CC4)nc3)nc(-c3cc(Cl)cc(Cl)c3)c2)CC1. The monoisotopic (exact) mass is 597 g/mol. The van der Waals surface area contributed by atoms with Crippen LogP contribution in [0.3, 0.4) is 0 Å². The van der Waals surface area contributed by atoms with Crippen LogP contribution in [-0.2, 0) is 6.54 Å². The van der Waals surface area contributed by atoms with Gasteiger partial charge in [0.25, 0.3) is 0 Å². The van der Waals surface area contributed by atoms with Crippen molar-refractivity contribution in [3.8, 4) is 22.9 Å². The second-order valence-electron chi connectivity index (χ2n) is 10.8. The molecule has 2 aliphatic rings. The summed E-state index contributed by atoms with van der Waals surface area (Å²) in [5.41, 5.74) is 2.66. The van der Waals surface area contributed by atoms with Crippen molar-refractivity contribution in [2.24, 2.45) is 5.92 Å². The number of piperidine rings is 1. The number of nitrogens with zero attached hydrogens (tertiary/aromatic N) is 5. The van der Waals surface area contributed by atoms with Crippen LogP contribution in [-0.4, -0.2) is 85.7 Å². The molecule has 2 saturated heterocycles. The van der Waals surface area contributed by atoms with Crippen LogP contribution >= 0.6 is 23.2 Å². The summed E-state index contributed by atoms with van der Waals surface area (Å²) < 4.78 is 6.24. The van der Waals surface area contributed by atoms with Crippen LogP contribution in [0.25, 0.3) is 11.3 Å². The van der Waals surface area contributed by atoms with Gasteiger partial charge >= 0.3 is 6.03 Å². The highest BCUT2D eigenvalue weighted by atomic mass is 35.5. The van der Waals surface area contributed by atoms with Crippen LogP contribution in [0.2, 0.25) is 10.0 Å². The number of nitrogens with one attached hydrogen (secondary N) is 2. The van der Waals surface area contributed by atoms with Gasteiger partial charge in [0.1, 0.15) is 11.6 Å². The summed E-state index contributed by atoms with van der Waals surface area (Å²) >= 11 is 12.6. The number of piperazine rings is 1. The van der Waals surface area contributed by atoms with E-state index in [1.807, 2.05) is 30.3 Å². The third kappa shape index (κ3) is 8.23. The molecule has 2 aliphatic heterocycles. The van der Waals surface area contributed by atoms with E-state index in [-0.39, 0.29) is 6.03 Å². The fourth-order valence-electron chi connectivity index (χ4n) is 5.26. The van der Waals surface area contributed by atoms with Crippen molar-refractivity contribution >= 4 is 35.1 Å². The van der Waals surface area contributed by atoms with Gasteiger partial charge in [-0.15, -0.1) is 0 Å². The summed E-state index contributed by atoms with van der Waals surface area (Å²) in [5, 5.41) is 6.65. The molecule has 0 bridgehead atoms. The summed E-state index contributed by atoms with van der Waals surface area (Å²) in [4.78, 5) is 28.1. The number of pyridine rings is 2. The summed E-state index contributed by atoms with van der Waals surface area (Å²) in [6, 6.07) is 13.3. The van der Waals surface area contributed by atoms with E-state index in [2.05, 4.69) is 43.4 Å². The lowest BCUT2D eigenvalue weighted by Gasteiger charge is -2.33. The first-order valence-corrected chi connectivity index (χ1v) is 14.8. The number of carbonyl (C=O) groups excluding carboxylic acids is 1. The molecule has 3 aromatic rings. The Bertz CT molecular complexity index is 1300. The van der Waals surface area contributed by atoms with Crippen molar-refractivity contribution in [2.45, 2.75) is 19.4 Å². The largest absolute Gasteiger partial charge is 0.437 e. The zero-order valence-electron chi connectivity index (χ0n) is 23.6. The number of benzene rings is 1. The predicted octanol–water partition coefficient (Wildman–Crippen LogP) is 5.14. The zero-order chi connectivity index (χ0) is 28.8. The quantitative estimate of drug-likeness (QED) is 0.372. The lowest BCUT2D eigenvalue weighted by Crippen LogP contribution is -2.44. The number of carbonyl (C=O) groups is 1. The van der Waals surface area contributed by atoms with Crippen LogP contribution in [0.1, 0.15) is 18.4 Å². The second kappa shape index (κ2) is 13.7. The van der Waals surface area contributed by atoms with Crippen molar-refractivity contribution < 1.29 is 9.53 Å². The number of halogens is 2. The minimum Gasteiger partial charge on any atom is -0.437 e. The first kappa shape index (κ1) is 29.4. The molecule has 0 unspecified atom stereocenters. The molecule has 0 radical (unpaired) electrons. The van der Waals surface area contributed by atoms with E-state index in [0.717, 1.165) is 81.3 Å². The fraction of sp³-hybridized carbons (Fsp3) is 0.433. The smallest absolute Gasteiger partial charge is 0.314 e. The fourth-order valence-corrected chi connectivity index (χ4v) is 5.79. The number of anilines is 1. The van der Waals surface area contributed by atoms with Gasteiger partial charge in [-0.1, -0.05) is 23.2 Å². The van der Waals surface area contributed by atoms with E-state index in [4.69, 9.17) is 32.9 Å². The molecule has 5 rings (SSSR count). The highest BCUT2D eigenvalue weighted by Gasteiger charge is 2.21. The van der Waals surface area contributed by atoms with Crippen LogP contribution < -0.4 is 20.3 Å². The van der Waals surface area contributed by atoms with Gasteiger partial charge < -0.3 is 25.2 Å². The van der Waals surface area contributed by atoms with Gasteiger partial charge in [-0.3, -0.25) is 4.90 Å². The van der Waals surface area contributed by atoms with Gasteiger partial charge in [0, 0.05) is 68.0 Å². The Morgan fingerprint density at radius 3 is 2.39 bits per heavy atom. The van der Waals surface area contributed by atoms with Gasteiger partial charge in [-0.05, 0) is 80.9 Å². The van der Waals surface area contributed by atoms with Crippen molar-refractivity contribution in [1.82, 2.24) is 30.4 Å². The van der Waals surface area contributed by atoms with Crippen molar-refractivity contribution in [3.05, 3.63) is 64.3 Å². The van der Waals surface area contributed by atoms with Gasteiger partial charge in [0.2, 0.25) is 5.88 Å². The molecular formula is C30H37Cl2N7O2. The molecule has 11 heteroatoms. The van der Waals surface area contributed by atoms with E-state index in [1.54, 1.807) is 19.3 Å². The van der Waals surface area contributed by atoms with Crippen molar-refractivity contribution in [3.63, 3.8) is 0 Å². The molecule has 2 N–H and O–H groups in total. The molecule has 0 aliphatic carbocycles. The minimum absolute atomic E-state index is 0.130. The molecule has 2 amide bonds. The van der Waals surface area contributed by atoms with E-state index in [0.29, 0.717) is 34.1 Å². The number of ether oxygens (including phenoxy) is 1. The normalized spacial score (nSPS) is 16.9. The van der Waals surface area contributed by atoms with Crippen molar-refractivity contribution in [1.29, 1.82) is 0 Å². The molecule has 41 heavy (non-hydrogen) atoms. The summed E-state index contributed by atoms with van der Waals surface area (Å²) in [6.45, 7) is 7.33. The molecule has 0 atom stereocenters. The molecule has 0 spiro atoms. The standard InChI is InChI=1S/C30H37Cl2N7O2/c1-33-30(40)35-18-21-5-7-38(8-6-21)20-22-13-27(23-15-24(31)17-25(32)16-23)36-29(14-22)41-26-3-4-28(34-19-26)39-11-9-37(2)10-12-39/h3-4,13-17,19,21H,5-12,18,20H2,1-2H3,(H2,33,35,40). The number of amides is 2. The number of likely N-dealkylation sites (tertiary alicyclic amines) is 1. The van der Waals surface area contributed by atoms with Crippen LogP contribution in [0.5, 0.6) is 11.6 Å². The van der Waals surface area contributed by atoms with E-state index in [9.17, 15) is 4.79 Å². The topological polar surface area (TPSA) is 85.9 Å². The third-order valence-electron chi connectivity index (χ3n) is 7.68. The summed E-state index contributed by atoms with van der Waals surface area (Å²) in [5.74, 6) is 2.56. The maximum atomic E-state index is 11.5. The third-order valence-corrected chi connectivity index (χ3v) is 8.12. The summed E-state index contributed by atoms with van der Waals surface area (Å²) in [7, 11) is 3.78. The number of likely N-dealkylation sites (N-methyl/N-ethyl adjacent to an activating group) is 1. The lowest BCUT2D eigenvalue weighted by atomic mass is 9.96. The highest BCUT2D eigenvalue weighted by Crippen LogP contribution is 2.31. The molecule has 4 heterocycles. The molecule has 9 nitrogen and oxygen atoms in total.